The molecule has 2 rings (SSSR count). The molecule has 0 fully saturated rings. The molecule has 0 bridgehead atoms. The maximum Gasteiger partial charge on any atom is 0.129 e. The lowest BCUT2D eigenvalue weighted by Gasteiger charge is -2.32. The van der Waals surface area contributed by atoms with Crippen LogP contribution >= 0.6 is 0 Å². The molecule has 0 heterocycles. The van der Waals surface area contributed by atoms with Crippen LogP contribution in [0.2, 0.25) is 19.6 Å². The van der Waals surface area contributed by atoms with Crippen LogP contribution in [0.5, 0.6) is 0 Å². The van der Waals surface area contributed by atoms with Gasteiger partial charge in [-0.25, -0.2) is 0 Å². The minimum absolute atomic E-state index is 0.169. The van der Waals surface area contributed by atoms with Gasteiger partial charge < -0.3 is 0 Å². The molecule has 152 valence electrons. The Morgan fingerprint density at radius 1 is 0.828 bits per heavy atom. The maximum atomic E-state index is 4.38. The Kier molecular flexibility index (Phi) is 8.26. The number of rotatable bonds is 8. The lowest BCUT2D eigenvalue weighted by Crippen LogP contribution is -2.40. The molecule has 0 saturated carbocycles. The molecule has 0 saturated heterocycles. The summed E-state index contributed by atoms with van der Waals surface area (Å²) in [6.45, 7) is 21.7. The third-order valence-corrected chi connectivity index (χ3v) is 5.67. The monoisotopic (exact) mass is 401 g/mol. The van der Waals surface area contributed by atoms with Crippen LogP contribution in [0.4, 0.5) is 0 Å². The second-order valence-electron chi connectivity index (χ2n) is 9.05. The average Bonchev–Trinajstić information content (AvgIpc) is 2.68. The molecule has 29 heavy (non-hydrogen) atoms. The first-order valence-electron chi connectivity index (χ1n) is 10.4. The molecule has 1 nitrogen and oxygen atoms in total. The zero-order valence-corrected chi connectivity index (χ0v) is 19.7. The van der Waals surface area contributed by atoms with E-state index in [0.29, 0.717) is 5.92 Å². The normalized spacial score (nSPS) is 12.4. The van der Waals surface area contributed by atoms with Crippen molar-refractivity contribution < 1.29 is 0 Å². The fourth-order valence-electron chi connectivity index (χ4n) is 3.24. The summed E-state index contributed by atoms with van der Waals surface area (Å²) >= 11 is 0. The van der Waals surface area contributed by atoms with E-state index >= 15 is 0 Å². The highest BCUT2D eigenvalue weighted by molar-refractivity contribution is 6.83. The van der Waals surface area contributed by atoms with Crippen LogP contribution in [-0.2, 0) is 0 Å². The minimum atomic E-state index is -1.45. The van der Waals surface area contributed by atoms with Gasteiger partial charge in [0.05, 0.1) is 6.04 Å². The van der Waals surface area contributed by atoms with Crippen molar-refractivity contribution in [1.29, 1.82) is 0 Å². The summed E-state index contributed by atoms with van der Waals surface area (Å²) in [7, 11) is -1.45. The van der Waals surface area contributed by atoms with E-state index in [4.69, 9.17) is 0 Å². The third kappa shape index (κ3) is 7.53. The summed E-state index contributed by atoms with van der Waals surface area (Å²) in [5.74, 6) is 4.05. The van der Waals surface area contributed by atoms with Gasteiger partial charge in [-0.3, -0.25) is 4.90 Å². The van der Waals surface area contributed by atoms with Crippen LogP contribution in [0.1, 0.15) is 25.0 Å². The second kappa shape index (κ2) is 10.4. The Morgan fingerprint density at radius 3 is 1.59 bits per heavy atom. The Bertz CT molecular complexity index is 810. The molecule has 0 aliphatic rings. The number of nitrogens with zero attached hydrogens (tertiary/aromatic N) is 1. The fourth-order valence-corrected chi connectivity index (χ4v) is 3.82. The lowest BCUT2D eigenvalue weighted by atomic mass is 9.99. The van der Waals surface area contributed by atoms with Gasteiger partial charge in [-0.05, 0) is 28.2 Å². The van der Waals surface area contributed by atoms with E-state index in [0.717, 1.165) is 24.2 Å². The van der Waals surface area contributed by atoms with E-state index in [1.54, 1.807) is 0 Å². The molecule has 0 aliphatic carbocycles. The molecule has 0 N–H and O–H groups in total. The fraction of sp³-hybridized carbons (Fsp3) is 0.333. The largest absolute Gasteiger partial charge is 0.281 e. The first-order valence-corrected chi connectivity index (χ1v) is 13.9. The summed E-state index contributed by atoms with van der Waals surface area (Å²) in [5, 5.41) is 0. The SMILES string of the molecule is C=C(CN(CC(=C)c1ccccc1)[C@@H](C#C[Si](C)(C)C)C(C)C)c1ccccc1. The first-order chi connectivity index (χ1) is 13.7. The molecule has 0 aromatic heterocycles. The van der Waals surface area contributed by atoms with Crippen LogP contribution < -0.4 is 0 Å². The van der Waals surface area contributed by atoms with Gasteiger partial charge in [-0.1, -0.05) is 113 Å². The van der Waals surface area contributed by atoms with Crippen molar-refractivity contribution in [3.63, 3.8) is 0 Å². The van der Waals surface area contributed by atoms with Crippen molar-refractivity contribution in [2.45, 2.75) is 39.5 Å². The van der Waals surface area contributed by atoms with E-state index in [2.05, 4.69) is 112 Å². The number of benzene rings is 2. The molecular formula is C27H35NSi. The summed E-state index contributed by atoms with van der Waals surface area (Å²) in [5.41, 5.74) is 8.20. The Morgan fingerprint density at radius 2 is 1.24 bits per heavy atom. The van der Waals surface area contributed by atoms with Crippen LogP contribution in [-0.4, -0.2) is 32.1 Å². The van der Waals surface area contributed by atoms with Crippen LogP contribution in [0, 0.1) is 17.4 Å². The Labute approximate surface area is 179 Å². The third-order valence-electron chi connectivity index (χ3n) is 4.77. The topological polar surface area (TPSA) is 3.24 Å². The molecule has 0 aliphatic heterocycles. The zero-order chi connectivity index (χ0) is 21.4. The second-order valence-corrected chi connectivity index (χ2v) is 13.8. The molecule has 2 heteroatoms. The quantitative estimate of drug-likeness (QED) is 0.355. The van der Waals surface area contributed by atoms with Gasteiger partial charge >= 0.3 is 0 Å². The van der Waals surface area contributed by atoms with Crippen molar-refractivity contribution in [2.75, 3.05) is 13.1 Å². The average molecular weight is 402 g/mol. The number of hydrogen-bond acceptors (Lipinski definition) is 1. The van der Waals surface area contributed by atoms with Gasteiger partial charge in [0.15, 0.2) is 0 Å². The van der Waals surface area contributed by atoms with Gasteiger partial charge in [0.2, 0.25) is 0 Å². The van der Waals surface area contributed by atoms with Crippen molar-refractivity contribution in [3.8, 4) is 11.5 Å². The van der Waals surface area contributed by atoms with Crippen molar-refractivity contribution >= 4 is 19.2 Å². The summed E-state index contributed by atoms with van der Waals surface area (Å²) in [4.78, 5) is 2.45. The maximum absolute atomic E-state index is 4.38. The molecule has 0 radical (unpaired) electrons. The summed E-state index contributed by atoms with van der Waals surface area (Å²) < 4.78 is 0. The first kappa shape index (κ1) is 22.9. The molecule has 0 amide bonds. The van der Waals surface area contributed by atoms with Gasteiger partial charge in [0.25, 0.3) is 0 Å². The van der Waals surface area contributed by atoms with Crippen molar-refractivity contribution in [3.05, 3.63) is 84.9 Å². The van der Waals surface area contributed by atoms with Crippen LogP contribution in [0.3, 0.4) is 0 Å². The highest BCUT2D eigenvalue weighted by Gasteiger charge is 2.23. The molecule has 2 aromatic carbocycles. The van der Waals surface area contributed by atoms with Gasteiger partial charge in [-0.15, -0.1) is 5.54 Å². The molecular weight excluding hydrogens is 366 g/mol. The molecule has 0 spiro atoms. The molecule has 0 unspecified atom stereocenters. The minimum Gasteiger partial charge on any atom is -0.281 e. The summed E-state index contributed by atoms with van der Waals surface area (Å²) in [6, 6.07) is 21.0. The van der Waals surface area contributed by atoms with Gasteiger partial charge in [0, 0.05) is 13.1 Å². The van der Waals surface area contributed by atoms with E-state index in [1.165, 1.54) is 11.1 Å². The van der Waals surface area contributed by atoms with E-state index in [-0.39, 0.29) is 6.04 Å². The predicted molar refractivity (Wildman–Crippen MR) is 132 cm³/mol. The van der Waals surface area contributed by atoms with E-state index < -0.39 is 8.07 Å². The predicted octanol–water partition coefficient (Wildman–Crippen LogP) is 6.62. The van der Waals surface area contributed by atoms with Gasteiger partial charge in [-0.2, -0.15) is 0 Å². The smallest absolute Gasteiger partial charge is 0.129 e. The van der Waals surface area contributed by atoms with E-state index in [1.807, 2.05) is 12.1 Å². The molecule has 2 aromatic rings. The zero-order valence-electron chi connectivity index (χ0n) is 18.7. The number of hydrogen-bond donors (Lipinski definition) is 0. The van der Waals surface area contributed by atoms with Crippen molar-refractivity contribution in [2.24, 2.45) is 5.92 Å². The lowest BCUT2D eigenvalue weighted by molar-refractivity contribution is 0.246. The van der Waals surface area contributed by atoms with Crippen LogP contribution in [0.25, 0.3) is 11.1 Å². The van der Waals surface area contributed by atoms with Gasteiger partial charge in [0.1, 0.15) is 8.07 Å². The molecule has 1 atom stereocenters. The standard InChI is InChI=1S/C27H35NSi/c1-22(2)27(18-19-29(5,6)7)28(20-23(3)25-14-10-8-11-15-25)21-24(4)26-16-12-9-13-17-26/h8-17,22,27H,3-4,20-21H2,1-2,5-7H3/t27-/m0/s1. The van der Waals surface area contributed by atoms with Crippen LogP contribution in [0.15, 0.2) is 73.8 Å². The Hall–Kier alpha value is -2.34. The summed E-state index contributed by atoms with van der Waals surface area (Å²) in [6.07, 6.45) is 0. The van der Waals surface area contributed by atoms with E-state index in [9.17, 15) is 0 Å². The van der Waals surface area contributed by atoms with Crippen molar-refractivity contribution in [1.82, 2.24) is 4.90 Å². The highest BCUT2D eigenvalue weighted by atomic mass is 28.3. The highest BCUT2D eigenvalue weighted by Crippen LogP contribution is 2.22. The Balaban J connectivity index is 2.33.